The van der Waals surface area contributed by atoms with Gasteiger partial charge in [0, 0.05) is 29.4 Å². The highest BCUT2D eigenvalue weighted by Gasteiger charge is 2.59. The first-order chi connectivity index (χ1) is 15.5. The van der Waals surface area contributed by atoms with Crippen molar-refractivity contribution in [3.63, 3.8) is 0 Å². The number of allylic oxidation sites excluding steroid dienone is 2. The lowest BCUT2D eigenvalue weighted by Gasteiger charge is -2.45. The summed E-state index contributed by atoms with van der Waals surface area (Å²) in [4.78, 5) is 38.0. The molecular weight excluding hydrogens is 426 g/mol. The van der Waals surface area contributed by atoms with E-state index in [0.29, 0.717) is 11.1 Å². The van der Waals surface area contributed by atoms with E-state index in [1.807, 2.05) is 13.8 Å². The molecule has 33 heavy (non-hydrogen) atoms. The molecule has 1 aromatic carbocycles. The number of nitrogens with two attached hydrogens (primary N) is 1. The number of carbonyl (C=O) groups is 3. The fourth-order valence-electron chi connectivity index (χ4n) is 5.04. The number of amides is 1. The second-order valence-electron chi connectivity index (χ2n) is 8.98. The molecule has 1 aromatic rings. The summed E-state index contributed by atoms with van der Waals surface area (Å²) in [5, 5.41) is 42.9. The molecule has 0 spiro atoms. The summed E-state index contributed by atoms with van der Waals surface area (Å²) in [6.45, 7) is 3.99. The second kappa shape index (κ2) is 7.78. The number of primary amides is 1. The number of aliphatic hydroxyl groups excluding tert-OH is 2. The second-order valence-corrected chi connectivity index (χ2v) is 8.98. The zero-order valence-corrected chi connectivity index (χ0v) is 18.3. The van der Waals surface area contributed by atoms with Crippen molar-refractivity contribution in [1.29, 1.82) is 0 Å². The van der Waals surface area contributed by atoms with Crippen LogP contribution in [0.15, 0.2) is 34.8 Å². The largest absolute Gasteiger partial charge is 0.511 e. The number of phenolic OH excluding ortho intramolecular Hbond substituents is 1. The molecule has 0 saturated carbocycles. The Morgan fingerprint density at radius 1 is 1.24 bits per heavy atom. The Bertz CT molecular complexity index is 1230. The van der Waals surface area contributed by atoms with E-state index in [4.69, 9.17) is 5.73 Å². The lowest BCUT2D eigenvalue weighted by atomic mass is 9.60. The summed E-state index contributed by atoms with van der Waals surface area (Å²) in [5.74, 6) is -0.0451. The quantitative estimate of drug-likeness (QED) is 0.340. The van der Waals surface area contributed by atoms with E-state index in [1.54, 1.807) is 6.07 Å². The topological polar surface area (TPSA) is 158 Å². The van der Waals surface area contributed by atoms with Crippen LogP contribution < -0.4 is 5.73 Å². The van der Waals surface area contributed by atoms with Crippen LogP contribution in [0, 0.1) is 29.6 Å². The van der Waals surface area contributed by atoms with Crippen LogP contribution in [0.3, 0.4) is 0 Å². The molecule has 6 N–H and O–H groups in total. The minimum atomic E-state index is -2.56. The fraction of sp³-hybridized carbons (Fsp3) is 0.400. The van der Waals surface area contributed by atoms with Gasteiger partial charge in [-0.05, 0) is 42.9 Å². The van der Waals surface area contributed by atoms with E-state index in [9.17, 15) is 34.8 Å². The third-order valence-corrected chi connectivity index (χ3v) is 7.01. The molecule has 0 aromatic heterocycles. The van der Waals surface area contributed by atoms with Crippen molar-refractivity contribution in [3.05, 3.63) is 51.5 Å². The molecule has 0 radical (unpaired) electrons. The maximum absolute atomic E-state index is 13.4. The highest BCUT2D eigenvalue weighted by Crippen LogP contribution is 2.51. The molecule has 3 aliphatic rings. The Balaban J connectivity index is 1.87. The molecule has 1 unspecified atom stereocenters. The van der Waals surface area contributed by atoms with Crippen LogP contribution in [0.5, 0.6) is 5.75 Å². The van der Waals surface area contributed by atoms with Crippen molar-refractivity contribution in [2.24, 2.45) is 23.5 Å². The molecule has 8 nitrogen and oxygen atoms in total. The monoisotopic (exact) mass is 451 g/mol. The molecule has 4 atom stereocenters. The van der Waals surface area contributed by atoms with Crippen molar-refractivity contribution in [3.8, 4) is 17.6 Å². The standard InChI is InChI=1S/C25H25NO7/c1-3-11(2)4-5-12-6-7-16(27)19-15(12)9-13-8-14-10-17(28)20(24(26)32)23(31)25(14,33)22(30)18(13)21(19)29/h6-7,11,13-14,27-28,30,33H,3,8-10H2,1-2H3,(H2,26,32)/t11?,13-,14+,25+/m1/s1. The minimum absolute atomic E-state index is 0.0254. The van der Waals surface area contributed by atoms with E-state index >= 15 is 0 Å². The maximum atomic E-state index is 13.4. The number of hydrogen-bond acceptors (Lipinski definition) is 7. The van der Waals surface area contributed by atoms with E-state index < -0.39 is 52.0 Å². The number of carbonyl (C=O) groups excluding carboxylic acids is 3. The number of rotatable bonds is 2. The Morgan fingerprint density at radius 2 is 1.94 bits per heavy atom. The van der Waals surface area contributed by atoms with Crippen LogP contribution in [0.4, 0.5) is 0 Å². The summed E-state index contributed by atoms with van der Waals surface area (Å²) < 4.78 is 0. The predicted molar refractivity (Wildman–Crippen MR) is 117 cm³/mol. The highest BCUT2D eigenvalue weighted by atomic mass is 16.3. The van der Waals surface area contributed by atoms with Gasteiger partial charge in [-0.3, -0.25) is 14.4 Å². The summed E-state index contributed by atoms with van der Waals surface area (Å²) in [7, 11) is 0. The maximum Gasteiger partial charge on any atom is 0.255 e. The lowest BCUT2D eigenvalue weighted by molar-refractivity contribution is -0.144. The molecular formula is C25H25NO7. The molecule has 0 bridgehead atoms. The zero-order valence-electron chi connectivity index (χ0n) is 18.3. The van der Waals surface area contributed by atoms with Crippen LogP contribution in [-0.2, 0) is 16.0 Å². The Hall–Kier alpha value is -3.57. The van der Waals surface area contributed by atoms with Crippen molar-refractivity contribution in [2.45, 2.75) is 45.1 Å². The summed E-state index contributed by atoms with van der Waals surface area (Å²) in [6, 6.07) is 3.00. The van der Waals surface area contributed by atoms with Crippen LogP contribution in [-0.4, -0.2) is 43.5 Å². The Labute approximate surface area is 190 Å². The molecule has 8 heteroatoms. The first-order valence-corrected chi connectivity index (χ1v) is 10.9. The lowest BCUT2D eigenvalue weighted by Crippen LogP contribution is -2.57. The van der Waals surface area contributed by atoms with Crippen molar-refractivity contribution >= 4 is 17.5 Å². The normalized spacial score (nSPS) is 27.2. The fourth-order valence-corrected chi connectivity index (χ4v) is 5.04. The zero-order chi connectivity index (χ0) is 24.2. The van der Waals surface area contributed by atoms with E-state index in [1.165, 1.54) is 6.07 Å². The average Bonchev–Trinajstić information content (AvgIpc) is 2.75. The van der Waals surface area contributed by atoms with Gasteiger partial charge >= 0.3 is 0 Å². The third kappa shape index (κ3) is 3.23. The van der Waals surface area contributed by atoms with Gasteiger partial charge in [0.1, 0.15) is 22.8 Å². The summed E-state index contributed by atoms with van der Waals surface area (Å²) >= 11 is 0. The van der Waals surface area contributed by atoms with Gasteiger partial charge in [0.25, 0.3) is 5.91 Å². The van der Waals surface area contributed by atoms with E-state index in [0.717, 1.165) is 6.42 Å². The van der Waals surface area contributed by atoms with Gasteiger partial charge in [0.05, 0.1) is 5.56 Å². The van der Waals surface area contributed by atoms with Gasteiger partial charge in [-0.2, -0.15) is 0 Å². The summed E-state index contributed by atoms with van der Waals surface area (Å²) in [5.41, 5.74) is 2.79. The van der Waals surface area contributed by atoms with Crippen molar-refractivity contribution in [1.82, 2.24) is 0 Å². The number of Topliss-reactive ketones (excluding diaryl/α,β-unsaturated/α-hetero) is 2. The molecule has 3 aliphatic carbocycles. The molecule has 0 aliphatic heterocycles. The first-order valence-electron chi connectivity index (χ1n) is 10.9. The number of fused-ring (bicyclic) bond motifs is 3. The SMILES string of the molecule is CCC(C)C#Cc1ccc(O)c2c1C[C@H]1C[C@H]3CC(O)=C(C(N)=O)C(=O)[C@@]3(O)C(O)=C1C2=O. The first kappa shape index (κ1) is 22.6. The number of hydrogen-bond donors (Lipinski definition) is 5. The minimum Gasteiger partial charge on any atom is -0.511 e. The van der Waals surface area contributed by atoms with Crippen LogP contribution in [0.25, 0.3) is 0 Å². The number of ketones is 2. The Morgan fingerprint density at radius 3 is 2.58 bits per heavy atom. The van der Waals surface area contributed by atoms with Gasteiger partial charge in [0.15, 0.2) is 11.4 Å². The number of benzene rings is 1. The van der Waals surface area contributed by atoms with Crippen molar-refractivity contribution in [2.75, 3.05) is 0 Å². The third-order valence-electron chi connectivity index (χ3n) is 7.01. The summed E-state index contributed by atoms with van der Waals surface area (Å²) in [6.07, 6.45) is 0.939. The molecule has 0 saturated heterocycles. The molecule has 1 amide bonds. The van der Waals surface area contributed by atoms with Gasteiger partial charge in [-0.25, -0.2) is 0 Å². The highest BCUT2D eigenvalue weighted by molar-refractivity contribution is 6.24. The van der Waals surface area contributed by atoms with E-state index in [2.05, 4.69) is 11.8 Å². The smallest absolute Gasteiger partial charge is 0.255 e. The van der Waals surface area contributed by atoms with Gasteiger partial charge < -0.3 is 26.2 Å². The number of aliphatic hydroxyl groups is 3. The van der Waals surface area contributed by atoms with Gasteiger partial charge in [-0.15, -0.1) is 0 Å². The Kier molecular flexibility index (Phi) is 5.33. The molecule has 4 rings (SSSR count). The van der Waals surface area contributed by atoms with Gasteiger partial charge in [0.2, 0.25) is 5.78 Å². The van der Waals surface area contributed by atoms with E-state index in [-0.39, 0.29) is 42.1 Å². The van der Waals surface area contributed by atoms with Crippen LogP contribution in [0.2, 0.25) is 0 Å². The number of phenols is 1. The molecule has 0 heterocycles. The average molecular weight is 451 g/mol. The molecule has 0 fully saturated rings. The van der Waals surface area contributed by atoms with Crippen LogP contribution >= 0.6 is 0 Å². The number of aromatic hydroxyl groups is 1. The van der Waals surface area contributed by atoms with Gasteiger partial charge in [-0.1, -0.05) is 25.7 Å². The van der Waals surface area contributed by atoms with Crippen LogP contribution in [0.1, 0.15) is 54.6 Å². The van der Waals surface area contributed by atoms with Crippen molar-refractivity contribution < 1.29 is 34.8 Å². The molecule has 172 valence electrons. The predicted octanol–water partition coefficient (Wildman–Crippen LogP) is 1.98.